The SMILES string of the molecule is CC(C)OS(=O)(=O)c1c([NH3+])ccc2ccccc12.C[CH-]C. The molecule has 5 heteroatoms. The summed E-state index contributed by atoms with van der Waals surface area (Å²) < 4.78 is 29.5. The van der Waals surface area contributed by atoms with E-state index in [1.165, 1.54) is 0 Å². The van der Waals surface area contributed by atoms with Crippen LogP contribution in [-0.4, -0.2) is 14.5 Å². The van der Waals surface area contributed by atoms with Crippen molar-refractivity contribution >= 4 is 26.6 Å². The molecule has 0 heterocycles. The molecule has 2 aromatic rings. The second-order valence-corrected chi connectivity index (χ2v) is 6.46. The molecule has 0 aliphatic rings. The zero-order chi connectivity index (χ0) is 16.0. The van der Waals surface area contributed by atoms with Crippen molar-refractivity contribution in [3.63, 3.8) is 0 Å². The van der Waals surface area contributed by atoms with Crippen molar-refractivity contribution in [2.24, 2.45) is 0 Å². The van der Waals surface area contributed by atoms with Crippen LogP contribution in [0.15, 0.2) is 41.3 Å². The minimum atomic E-state index is -3.78. The van der Waals surface area contributed by atoms with E-state index in [1.54, 1.807) is 32.0 Å². The van der Waals surface area contributed by atoms with E-state index in [0.717, 1.165) is 5.39 Å². The molecule has 0 radical (unpaired) electrons. The Hall–Kier alpha value is -1.43. The molecular weight excluding hydrogens is 286 g/mol. The van der Waals surface area contributed by atoms with Gasteiger partial charge in [-0.15, -0.1) is 0 Å². The van der Waals surface area contributed by atoms with Gasteiger partial charge in [0.2, 0.25) is 0 Å². The van der Waals surface area contributed by atoms with Crippen LogP contribution in [0, 0.1) is 6.42 Å². The Kier molecular flexibility index (Phi) is 6.33. The third-order valence-electron chi connectivity index (χ3n) is 2.53. The van der Waals surface area contributed by atoms with Crippen molar-refractivity contribution in [1.29, 1.82) is 0 Å². The fourth-order valence-corrected chi connectivity index (χ4v) is 3.33. The van der Waals surface area contributed by atoms with E-state index in [-0.39, 0.29) is 4.90 Å². The molecule has 0 aliphatic heterocycles. The highest BCUT2D eigenvalue weighted by molar-refractivity contribution is 7.87. The summed E-state index contributed by atoms with van der Waals surface area (Å²) in [6.45, 7) is 7.37. The summed E-state index contributed by atoms with van der Waals surface area (Å²) in [6, 6.07) is 10.8. The Balaban J connectivity index is 0.000000677. The van der Waals surface area contributed by atoms with Crippen LogP contribution in [0.4, 0.5) is 5.69 Å². The average Bonchev–Trinajstić information content (AvgIpc) is 2.37. The molecule has 4 nitrogen and oxygen atoms in total. The van der Waals surface area contributed by atoms with Crippen molar-refractivity contribution < 1.29 is 18.3 Å². The highest BCUT2D eigenvalue weighted by atomic mass is 32.2. The molecule has 0 fully saturated rings. The normalized spacial score (nSPS) is 11.3. The largest absolute Gasteiger partial charge is 0.335 e. The number of hydrogen-bond donors (Lipinski definition) is 1. The minimum Gasteiger partial charge on any atom is -0.335 e. The van der Waals surface area contributed by atoms with E-state index in [1.807, 2.05) is 38.5 Å². The fourth-order valence-electron chi connectivity index (χ4n) is 1.88. The maximum atomic E-state index is 12.2. The van der Waals surface area contributed by atoms with Gasteiger partial charge in [-0.25, -0.2) is 0 Å². The van der Waals surface area contributed by atoms with Crippen molar-refractivity contribution in [3.8, 4) is 0 Å². The Morgan fingerprint density at radius 3 is 2.24 bits per heavy atom. The van der Waals surface area contributed by atoms with Crippen LogP contribution in [0.1, 0.15) is 27.7 Å². The summed E-state index contributed by atoms with van der Waals surface area (Å²) in [5, 5.41) is 1.50. The molecule has 0 aromatic heterocycles. The molecule has 2 rings (SSSR count). The molecular formula is C16H23NO3S. The van der Waals surface area contributed by atoms with E-state index in [2.05, 4.69) is 5.73 Å². The fraction of sp³-hybridized carbons (Fsp3) is 0.312. The van der Waals surface area contributed by atoms with Crippen LogP contribution in [0.5, 0.6) is 0 Å². The van der Waals surface area contributed by atoms with Gasteiger partial charge in [-0.1, -0.05) is 24.3 Å². The zero-order valence-electron chi connectivity index (χ0n) is 13.0. The molecule has 0 saturated carbocycles. The Morgan fingerprint density at radius 1 is 1.10 bits per heavy atom. The first-order valence-electron chi connectivity index (χ1n) is 6.84. The molecule has 21 heavy (non-hydrogen) atoms. The number of fused-ring (bicyclic) bond motifs is 1. The van der Waals surface area contributed by atoms with Crippen molar-refractivity contribution in [2.75, 3.05) is 0 Å². The van der Waals surface area contributed by atoms with Gasteiger partial charge in [-0.2, -0.15) is 22.3 Å². The van der Waals surface area contributed by atoms with E-state index in [4.69, 9.17) is 4.18 Å². The average molecular weight is 309 g/mol. The molecule has 0 atom stereocenters. The second kappa shape index (κ2) is 7.54. The molecule has 0 bridgehead atoms. The van der Waals surface area contributed by atoms with Crippen LogP contribution >= 0.6 is 0 Å². The van der Waals surface area contributed by atoms with E-state index in [9.17, 15) is 8.42 Å². The van der Waals surface area contributed by atoms with Crippen LogP contribution < -0.4 is 5.73 Å². The van der Waals surface area contributed by atoms with Gasteiger partial charge in [-0.3, -0.25) is 4.18 Å². The molecule has 0 unspecified atom stereocenters. The van der Waals surface area contributed by atoms with Crippen LogP contribution in [0.2, 0.25) is 0 Å². The van der Waals surface area contributed by atoms with Crippen molar-refractivity contribution in [1.82, 2.24) is 0 Å². The summed E-state index contributed by atoms with van der Waals surface area (Å²) >= 11 is 0. The Labute approximate surface area is 127 Å². The van der Waals surface area contributed by atoms with Gasteiger partial charge < -0.3 is 12.2 Å². The number of rotatable bonds is 3. The van der Waals surface area contributed by atoms with Crippen LogP contribution in [-0.2, 0) is 14.3 Å². The molecule has 116 valence electrons. The predicted molar refractivity (Wildman–Crippen MR) is 85.6 cm³/mol. The molecule has 0 aliphatic carbocycles. The first-order chi connectivity index (χ1) is 9.83. The summed E-state index contributed by atoms with van der Waals surface area (Å²) in [4.78, 5) is 0.161. The zero-order valence-corrected chi connectivity index (χ0v) is 13.8. The van der Waals surface area contributed by atoms with Crippen molar-refractivity contribution in [2.45, 2.75) is 38.7 Å². The van der Waals surface area contributed by atoms with Crippen LogP contribution in [0.3, 0.4) is 0 Å². The summed E-state index contributed by atoms with van der Waals surface area (Å²) in [6.07, 6.45) is 1.60. The van der Waals surface area contributed by atoms with Gasteiger partial charge in [0.1, 0.15) is 5.69 Å². The Morgan fingerprint density at radius 2 is 1.67 bits per heavy atom. The van der Waals surface area contributed by atoms with Gasteiger partial charge in [0, 0.05) is 11.5 Å². The van der Waals surface area contributed by atoms with Gasteiger partial charge in [0.25, 0.3) is 0 Å². The van der Waals surface area contributed by atoms with Gasteiger partial charge in [0.15, 0.2) is 4.90 Å². The smallest absolute Gasteiger partial charge is 0.303 e. The summed E-state index contributed by atoms with van der Waals surface area (Å²) in [5.41, 5.74) is 4.24. The lowest BCUT2D eigenvalue weighted by Gasteiger charge is -2.11. The lowest BCUT2D eigenvalue weighted by molar-refractivity contribution is -0.258. The first kappa shape index (κ1) is 17.6. The third kappa shape index (κ3) is 4.52. The second-order valence-electron chi connectivity index (χ2n) is 4.95. The summed E-state index contributed by atoms with van der Waals surface area (Å²) in [7, 11) is -3.78. The van der Waals surface area contributed by atoms with Crippen LogP contribution in [0.25, 0.3) is 10.8 Å². The molecule has 2 aromatic carbocycles. The summed E-state index contributed by atoms with van der Waals surface area (Å²) in [5.74, 6) is 0. The number of hydrogen-bond acceptors (Lipinski definition) is 3. The standard InChI is InChI=1S/C13H15NO3S.C3H7/c1-9(2)17-18(15,16)13-11-6-4-3-5-10(11)7-8-12(13)14;1-3-2/h3-9H,14H2,1-2H3;3H,1-2H3/q;-1/p+1. The maximum absolute atomic E-state index is 12.2. The van der Waals surface area contributed by atoms with Gasteiger partial charge >= 0.3 is 10.1 Å². The van der Waals surface area contributed by atoms with E-state index < -0.39 is 16.2 Å². The number of benzene rings is 2. The molecule has 0 saturated heterocycles. The van der Waals surface area contributed by atoms with E-state index >= 15 is 0 Å². The third-order valence-corrected chi connectivity index (χ3v) is 4.15. The topological polar surface area (TPSA) is 71.0 Å². The van der Waals surface area contributed by atoms with Gasteiger partial charge in [-0.05, 0) is 25.3 Å². The highest BCUT2D eigenvalue weighted by Gasteiger charge is 2.24. The highest BCUT2D eigenvalue weighted by Crippen LogP contribution is 2.29. The predicted octanol–water partition coefficient (Wildman–Crippen LogP) is 3.06. The van der Waals surface area contributed by atoms with E-state index in [0.29, 0.717) is 11.1 Å². The molecule has 3 N–H and O–H groups in total. The van der Waals surface area contributed by atoms with Crippen molar-refractivity contribution in [3.05, 3.63) is 42.8 Å². The Bertz CT molecular complexity index is 694. The lowest BCUT2D eigenvalue weighted by Crippen LogP contribution is -2.42. The molecule has 0 spiro atoms. The van der Waals surface area contributed by atoms with Gasteiger partial charge in [0.05, 0.1) is 6.10 Å². The minimum absolute atomic E-state index is 0.161. The first-order valence-corrected chi connectivity index (χ1v) is 8.25. The lowest BCUT2D eigenvalue weighted by atomic mass is 10.1. The number of quaternary nitrogens is 1. The molecule has 0 amide bonds. The quantitative estimate of drug-likeness (QED) is 0.699. The monoisotopic (exact) mass is 309 g/mol. The maximum Gasteiger partial charge on any atom is 0.303 e.